The first-order chi connectivity index (χ1) is 8.36. The van der Waals surface area contributed by atoms with Crippen LogP contribution in [0.1, 0.15) is 53.4 Å². The van der Waals surface area contributed by atoms with Crippen molar-refractivity contribution in [3.05, 3.63) is 11.1 Å². The zero-order chi connectivity index (χ0) is 13.9. The molecule has 1 N–H and O–H groups in total. The van der Waals surface area contributed by atoms with Gasteiger partial charge in [-0.15, -0.1) is 0 Å². The predicted molar refractivity (Wildman–Crippen MR) is 70.2 cm³/mol. The van der Waals surface area contributed by atoms with Gasteiger partial charge in [-0.3, -0.25) is 4.79 Å². The summed E-state index contributed by atoms with van der Waals surface area (Å²) in [5, 5.41) is 9.19. The Morgan fingerprint density at radius 1 is 1.00 bits per heavy atom. The maximum absolute atomic E-state index is 12.5. The van der Waals surface area contributed by atoms with E-state index in [0.717, 1.165) is 12.8 Å². The van der Waals surface area contributed by atoms with Crippen molar-refractivity contribution in [3.63, 3.8) is 0 Å². The maximum atomic E-state index is 12.5. The highest BCUT2D eigenvalue weighted by Gasteiger charge is 2.29. The summed E-state index contributed by atoms with van der Waals surface area (Å²) in [6.45, 7) is 7.84. The molecule has 0 aromatic carbocycles. The Kier molecular flexibility index (Phi) is 4.93. The molecule has 4 nitrogen and oxygen atoms in total. The number of rotatable bonds is 4. The van der Waals surface area contributed by atoms with Crippen LogP contribution in [0.5, 0.6) is 0 Å². The Morgan fingerprint density at radius 3 is 1.83 bits per heavy atom. The fourth-order valence-electron chi connectivity index (χ4n) is 2.60. The number of nitrogens with zero attached hydrogens (tertiary/aromatic N) is 1. The lowest BCUT2D eigenvalue weighted by Crippen LogP contribution is -2.43. The van der Waals surface area contributed by atoms with E-state index in [1.807, 2.05) is 27.7 Å². The predicted octanol–water partition coefficient (Wildman–Crippen LogP) is 2.59. The van der Waals surface area contributed by atoms with Crippen LogP contribution in [0, 0.1) is 0 Å². The molecule has 0 aromatic rings. The van der Waals surface area contributed by atoms with Crippen molar-refractivity contribution in [1.82, 2.24) is 4.90 Å². The van der Waals surface area contributed by atoms with Gasteiger partial charge in [0.15, 0.2) is 0 Å². The van der Waals surface area contributed by atoms with Crippen LogP contribution < -0.4 is 0 Å². The van der Waals surface area contributed by atoms with Gasteiger partial charge in [0.2, 0.25) is 0 Å². The first kappa shape index (κ1) is 14.7. The first-order valence-corrected chi connectivity index (χ1v) is 6.64. The van der Waals surface area contributed by atoms with Gasteiger partial charge in [0.25, 0.3) is 5.91 Å². The highest BCUT2D eigenvalue weighted by atomic mass is 16.4. The lowest BCUT2D eigenvalue weighted by molar-refractivity contribution is -0.135. The molecule has 0 saturated carbocycles. The van der Waals surface area contributed by atoms with Crippen molar-refractivity contribution in [3.8, 4) is 0 Å². The lowest BCUT2D eigenvalue weighted by atomic mass is 9.90. The van der Waals surface area contributed by atoms with Crippen LogP contribution >= 0.6 is 0 Å². The van der Waals surface area contributed by atoms with Gasteiger partial charge in [0.1, 0.15) is 0 Å². The lowest BCUT2D eigenvalue weighted by Gasteiger charge is -2.33. The van der Waals surface area contributed by atoms with Gasteiger partial charge in [-0.2, -0.15) is 0 Å². The van der Waals surface area contributed by atoms with Crippen LogP contribution in [0.25, 0.3) is 0 Å². The number of aliphatic carboxylic acids is 1. The Bertz CT molecular complexity index is 361. The van der Waals surface area contributed by atoms with E-state index < -0.39 is 5.97 Å². The quantitative estimate of drug-likeness (QED) is 0.837. The summed E-state index contributed by atoms with van der Waals surface area (Å²) in [6, 6.07) is 0.170. The summed E-state index contributed by atoms with van der Waals surface area (Å²) in [4.78, 5) is 25.5. The third kappa shape index (κ3) is 3.12. The Hall–Kier alpha value is -1.32. The van der Waals surface area contributed by atoms with Gasteiger partial charge >= 0.3 is 5.97 Å². The standard InChI is InChI=1S/C14H23NO3/c1-9(2)15(10(3)4)13(16)11-7-5-6-8-12(11)14(17)18/h9-10H,5-8H2,1-4H3,(H,17,18). The third-order valence-electron chi connectivity index (χ3n) is 3.33. The third-order valence-corrected chi connectivity index (χ3v) is 3.33. The number of carbonyl (C=O) groups is 2. The molecule has 102 valence electrons. The summed E-state index contributed by atoms with van der Waals surface area (Å²) in [5.41, 5.74) is 0.828. The molecule has 0 bridgehead atoms. The normalized spacial score (nSPS) is 16.3. The van der Waals surface area contributed by atoms with Gasteiger partial charge in [0, 0.05) is 23.2 Å². The van der Waals surface area contributed by atoms with Crippen LogP contribution in [0.2, 0.25) is 0 Å². The summed E-state index contributed by atoms with van der Waals surface area (Å²) in [5.74, 6) is -1.04. The van der Waals surface area contributed by atoms with Crippen LogP contribution in [0.3, 0.4) is 0 Å². The van der Waals surface area contributed by atoms with Crippen molar-refractivity contribution in [2.75, 3.05) is 0 Å². The number of hydrogen-bond acceptors (Lipinski definition) is 2. The van der Waals surface area contributed by atoms with E-state index in [-0.39, 0.29) is 18.0 Å². The minimum absolute atomic E-state index is 0.0852. The van der Waals surface area contributed by atoms with Crippen LogP contribution in [0.15, 0.2) is 11.1 Å². The number of carboxylic acid groups (broad SMARTS) is 1. The number of carbonyl (C=O) groups excluding carboxylic acids is 1. The van der Waals surface area contributed by atoms with Crippen molar-refractivity contribution >= 4 is 11.9 Å². The minimum Gasteiger partial charge on any atom is -0.478 e. The number of hydrogen-bond donors (Lipinski definition) is 1. The Balaban J connectivity index is 3.09. The van der Waals surface area contributed by atoms with Gasteiger partial charge in [-0.25, -0.2) is 4.79 Å². The van der Waals surface area contributed by atoms with Crippen molar-refractivity contribution in [2.45, 2.75) is 65.5 Å². The first-order valence-electron chi connectivity index (χ1n) is 6.64. The number of carboxylic acids is 1. The van der Waals surface area contributed by atoms with Crippen molar-refractivity contribution in [2.24, 2.45) is 0 Å². The van der Waals surface area contributed by atoms with Crippen LogP contribution in [-0.4, -0.2) is 34.0 Å². The fourth-order valence-corrected chi connectivity index (χ4v) is 2.60. The average Bonchev–Trinajstić information content (AvgIpc) is 2.27. The zero-order valence-corrected chi connectivity index (χ0v) is 11.7. The molecular formula is C14H23NO3. The molecule has 0 aromatic heterocycles. The topological polar surface area (TPSA) is 57.6 Å². The Labute approximate surface area is 109 Å². The van der Waals surface area contributed by atoms with Gasteiger partial charge in [0.05, 0.1) is 0 Å². The molecule has 1 aliphatic rings. The van der Waals surface area contributed by atoms with Gasteiger partial charge in [-0.1, -0.05) is 0 Å². The van der Waals surface area contributed by atoms with E-state index in [1.54, 1.807) is 4.90 Å². The second kappa shape index (κ2) is 6.03. The highest BCUT2D eigenvalue weighted by molar-refractivity contribution is 6.02. The second-order valence-corrected chi connectivity index (χ2v) is 5.37. The Morgan fingerprint density at radius 2 is 1.44 bits per heavy atom. The molecular weight excluding hydrogens is 230 g/mol. The van der Waals surface area contributed by atoms with Gasteiger partial charge in [-0.05, 0) is 53.4 Å². The molecule has 4 heteroatoms. The molecule has 1 aliphatic carbocycles. The van der Waals surface area contributed by atoms with E-state index in [9.17, 15) is 14.7 Å². The summed E-state index contributed by atoms with van der Waals surface area (Å²) in [7, 11) is 0. The van der Waals surface area contributed by atoms with E-state index >= 15 is 0 Å². The summed E-state index contributed by atoms with van der Waals surface area (Å²) >= 11 is 0. The van der Waals surface area contributed by atoms with Crippen LogP contribution in [-0.2, 0) is 9.59 Å². The molecule has 18 heavy (non-hydrogen) atoms. The molecule has 1 rings (SSSR count). The smallest absolute Gasteiger partial charge is 0.332 e. The minimum atomic E-state index is -0.939. The molecule has 0 radical (unpaired) electrons. The second-order valence-electron chi connectivity index (χ2n) is 5.37. The molecule has 1 amide bonds. The molecule has 0 heterocycles. The van der Waals surface area contributed by atoms with Crippen molar-refractivity contribution < 1.29 is 14.7 Å². The molecule has 0 unspecified atom stereocenters. The molecule has 0 fully saturated rings. The summed E-state index contributed by atoms with van der Waals surface area (Å²) in [6.07, 6.45) is 2.88. The monoisotopic (exact) mass is 253 g/mol. The molecule has 0 spiro atoms. The average molecular weight is 253 g/mol. The molecule has 0 aliphatic heterocycles. The maximum Gasteiger partial charge on any atom is 0.332 e. The van der Waals surface area contributed by atoms with Crippen molar-refractivity contribution in [1.29, 1.82) is 0 Å². The van der Waals surface area contributed by atoms with Crippen LogP contribution in [0.4, 0.5) is 0 Å². The molecule has 0 saturated heterocycles. The molecule has 0 atom stereocenters. The van der Waals surface area contributed by atoms with E-state index in [0.29, 0.717) is 24.0 Å². The van der Waals surface area contributed by atoms with E-state index in [2.05, 4.69) is 0 Å². The van der Waals surface area contributed by atoms with E-state index in [4.69, 9.17) is 0 Å². The fraction of sp³-hybridized carbons (Fsp3) is 0.714. The van der Waals surface area contributed by atoms with E-state index in [1.165, 1.54) is 0 Å². The zero-order valence-electron chi connectivity index (χ0n) is 11.7. The highest BCUT2D eigenvalue weighted by Crippen LogP contribution is 2.27. The van der Waals surface area contributed by atoms with Gasteiger partial charge < -0.3 is 10.0 Å². The largest absolute Gasteiger partial charge is 0.478 e. The number of amides is 1. The SMILES string of the molecule is CC(C)N(C(=O)C1=C(C(=O)O)CCCC1)C(C)C. The summed E-state index contributed by atoms with van der Waals surface area (Å²) < 4.78 is 0.